The van der Waals surface area contributed by atoms with Crippen molar-refractivity contribution in [3.05, 3.63) is 18.2 Å². The molecule has 2 heterocycles. The third kappa shape index (κ3) is 3.72. The number of ether oxygens (including phenoxy) is 1. The molecule has 20 heavy (non-hydrogen) atoms. The Balaban J connectivity index is 1.71. The molecule has 0 spiro atoms. The van der Waals surface area contributed by atoms with Gasteiger partial charge in [0, 0.05) is 38.1 Å². The number of carbonyl (C=O) groups excluding carboxylic acids is 1. The molecule has 0 radical (unpaired) electrons. The molecule has 1 N–H and O–H groups in total. The van der Waals surface area contributed by atoms with Crippen LogP contribution in [0.15, 0.2) is 12.4 Å². The Hall–Kier alpha value is -1.56. The normalized spacial score (nSPS) is 16.1. The molecule has 1 aliphatic rings. The van der Waals surface area contributed by atoms with Crippen molar-refractivity contribution in [2.24, 2.45) is 0 Å². The number of hydrogen-bond acceptors (Lipinski definition) is 4. The minimum absolute atomic E-state index is 0.231. The highest BCUT2D eigenvalue weighted by molar-refractivity contribution is 5.69. The molecule has 6 heteroatoms. The van der Waals surface area contributed by atoms with Gasteiger partial charge in [-0.25, -0.2) is 9.78 Å². The van der Waals surface area contributed by atoms with Crippen LogP contribution in [0.5, 0.6) is 0 Å². The number of hydrogen-bond donors (Lipinski definition) is 1. The Bertz CT molecular complexity index is 458. The number of imidazole rings is 1. The lowest BCUT2D eigenvalue weighted by molar-refractivity contribution is 0.00511. The molecule has 2 rings (SSSR count). The number of likely N-dealkylation sites (tertiary alicyclic amines) is 1. The third-order valence-corrected chi connectivity index (χ3v) is 3.22. The Labute approximate surface area is 120 Å². The first-order valence-electron chi connectivity index (χ1n) is 7.10. The standard InChI is InChI=1S/C14H24N4O2/c1-5-17-7-6-15-12(17)8-16-11-9-18(10-11)13(19)20-14(2,3)4/h6-7,11,16H,5,8-10H2,1-4H3. The van der Waals surface area contributed by atoms with Gasteiger partial charge in [0.2, 0.25) is 0 Å². The van der Waals surface area contributed by atoms with Crippen LogP contribution in [0, 0.1) is 0 Å². The second-order valence-corrected chi connectivity index (χ2v) is 6.09. The molecule has 0 saturated carbocycles. The highest BCUT2D eigenvalue weighted by Gasteiger charge is 2.33. The predicted molar refractivity (Wildman–Crippen MR) is 76.3 cm³/mol. The molecule has 1 amide bonds. The molecule has 1 fully saturated rings. The SMILES string of the molecule is CCn1ccnc1CNC1CN(C(=O)OC(C)(C)C)C1. The van der Waals surface area contributed by atoms with Crippen LogP contribution >= 0.6 is 0 Å². The maximum atomic E-state index is 11.8. The first-order valence-corrected chi connectivity index (χ1v) is 7.10. The van der Waals surface area contributed by atoms with Gasteiger partial charge in [0.05, 0.1) is 6.54 Å². The Morgan fingerprint density at radius 3 is 2.80 bits per heavy atom. The summed E-state index contributed by atoms with van der Waals surface area (Å²) < 4.78 is 7.43. The van der Waals surface area contributed by atoms with Crippen molar-refractivity contribution in [1.29, 1.82) is 0 Å². The maximum Gasteiger partial charge on any atom is 0.410 e. The molecular formula is C14H24N4O2. The summed E-state index contributed by atoms with van der Waals surface area (Å²) in [5.41, 5.74) is -0.429. The van der Waals surface area contributed by atoms with E-state index in [1.54, 1.807) is 4.90 Å². The molecule has 0 aliphatic carbocycles. The topological polar surface area (TPSA) is 59.4 Å². The zero-order chi connectivity index (χ0) is 14.8. The number of nitrogens with one attached hydrogen (secondary N) is 1. The molecule has 1 aromatic rings. The molecule has 6 nitrogen and oxygen atoms in total. The summed E-state index contributed by atoms with van der Waals surface area (Å²) in [6.07, 6.45) is 3.56. The summed E-state index contributed by atoms with van der Waals surface area (Å²) in [7, 11) is 0. The van der Waals surface area contributed by atoms with E-state index in [4.69, 9.17) is 4.74 Å². The van der Waals surface area contributed by atoms with Crippen LogP contribution in [-0.4, -0.2) is 45.3 Å². The van der Waals surface area contributed by atoms with Crippen molar-refractivity contribution in [2.75, 3.05) is 13.1 Å². The monoisotopic (exact) mass is 280 g/mol. The fourth-order valence-electron chi connectivity index (χ4n) is 2.11. The average molecular weight is 280 g/mol. The summed E-state index contributed by atoms with van der Waals surface area (Å²) in [6.45, 7) is 10.8. The molecule has 0 unspecified atom stereocenters. The predicted octanol–water partition coefficient (Wildman–Crippen LogP) is 1.61. The largest absolute Gasteiger partial charge is 0.444 e. The van der Waals surface area contributed by atoms with E-state index in [1.165, 1.54) is 0 Å². The van der Waals surface area contributed by atoms with Gasteiger partial charge in [-0.2, -0.15) is 0 Å². The summed E-state index contributed by atoms with van der Waals surface area (Å²) in [5, 5.41) is 3.41. The molecule has 0 atom stereocenters. The molecule has 112 valence electrons. The number of aryl methyl sites for hydroxylation is 1. The van der Waals surface area contributed by atoms with Gasteiger partial charge in [0.15, 0.2) is 0 Å². The zero-order valence-corrected chi connectivity index (χ0v) is 12.7. The van der Waals surface area contributed by atoms with Crippen LogP contribution in [0.3, 0.4) is 0 Å². The van der Waals surface area contributed by atoms with Crippen LogP contribution in [0.2, 0.25) is 0 Å². The van der Waals surface area contributed by atoms with Gasteiger partial charge in [-0.1, -0.05) is 0 Å². The number of rotatable bonds is 4. The van der Waals surface area contributed by atoms with Gasteiger partial charge < -0.3 is 19.5 Å². The molecule has 1 aromatic heterocycles. The minimum Gasteiger partial charge on any atom is -0.444 e. The second kappa shape index (κ2) is 5.83. The van der Waals surface area contributed by atoms with Gasteiger partial charge >= 0.3 is 6.09 Å². The highest BCUT2D eigenvalue weighted by Crippen LogP contribution is 2.15. The molecule has 0 aromatic carbocycles. The Morgan fingerprint density at radius 1 is 1.50 bits per heavy atom. The number of carbonyl (C=O) groups is 1. The fourth-order valence-corrected chi connectivity index (χ4v) is 2.11. The summed E-state index contributed by atoms with van der Waals surface area (Å²) >= 11 is 0. The van der Waals surface area contributed by atoms with E-state index >= 15 is 0 Å². The maximum absolute atomic E-state index is 11.8. The van der Waals surface area contributed by atoms with Crippen LogP contribution in [-0.2, 0) is 17.8 Å². The number of nitrogens with zero attached hydrogens (tertiary/aromatic N) is 3. The van der Waals surface area contributed by atoms with E-state index in [2.05, 4.69) is 21.8 Å². The van der Waals surface area contributed by atoms with Crippen LogP contribution < -0.4 is 5.32 Å². The van der Waals surface area contributed by atoms with Crippen LogP contribution in [0.4, 0.5) is 4.79 Å². The lowest BCUT2D eigenvalue weighted by Gasteiger charge is -2.40. The summed E-state index contributed by atoms with van der Waals surface area (Å²) in [6, 6.07) is 0.324. The molecule has 1 saturated heterocycles. The molecule has 1 aliphatic heterocycles. The minimum atomic E-state index is -0.429. The lowest BCUT2D eigenvalue weighted by Crippen LogP contribution is -2.60. The molecule has 0 bridgehead atoms. The van der Waals surface area contributed by atoms with E-state index in [1.807, 2.05) is 33.2 Å². The first-order chi connectivity index (χ1) is 9.39. The van der Waals surface area contributed by atoms with Gasteiger partial charge in [-0.15, -0.1) is 0 Å². The van der Waals surface area contributed by atoms with Gasteiger partial charge in [-0.05, 0) is 27.7 Å². The first kappa shape index (κ1) is 14.8. The second-order valence-electron chi connectivity index (χ2n) is 6.09. The quantitative estimate of drug-likeness (QED) is 0.910. The van der Waals surface area contributed by atoms with Crippen molar-refractivity contribution in [2.45, 2.75) is 52.4 Å². The molecular weight excluding hydrogens is 256 g/mol. The number of aromatic nitrogens is 2. The van der Waals surface area contributed by atoms with Crippen molar-refractivity contribution >= 4 is 6.09 Å². The fraction of sp³-hybridized carbons (Fsp3) is 0.714. The average Bonchev–Trinajstić information content (AvgIpc) is 2.71. The smallest absolute Gasteiger partial charge is 0.410 e. The van der Waals surface area contributed by atoms with Crippen molar-refractivity contribution < 1.29 is 9.53 Å². The van der Waals surface area contributed by atoms with E-state index in [9.17, 15) is 4.79 Å². The van der Waals surface area contributed by atoms with Gasteiger partial charge in [-0.3, -0.25) is 0 Å². The van der Waals surface area contributed by atoms with Gasteiger partial charge in [0.25, 0.3) is 0 Å². The number of amides is 1. The summed E-state index contributed by atoms with van der Waals surface area (Å²) in [4.78, 5) is 17.8. The lowest BCUT2D eigenvalue weighted by atomic mass is 10.1. The van der Waals surface area contributed by atoms with E-state index in [0.717, 1.165) is 18.9 Å². The third-order valence-electron chi connectivity index (χ3n) is 3.22. The van der Waals surface area contributed by atoms with Crippen molar-refractivity contribution in [3.63, 3.8) is 0 Å². The Kier molecular flexibility index (Phi) is 4.32. The van der Waals surface area contributed by atoms with E-state index in [-0.39, 0.29) is 6.09 Å². The Morgan fingerprint density at radius 2 is 2.20 bits per heavy atom. The van der Waals surface area contributed by atoms with Gasteiger partial charge in [0.1, 0.15) is 11.4 Å². The van der Waals surface area contributed by atoms with Crippen LogP contribution in [0.1, 0.15) is 33.5 Å². The van der Waals surface area contributed by atoms with Crippen molar-refractivity contribution in [3.8, 4) is 0 Å². The van der Waals surface area contributed by atoms with Crippen LogP contribution in [0.25, 0.3) is 0 Å². The highest BCUT2D eigenvalue weighted by atomic mass is 16.6. The summed E-state index contributed by atoms with van der Waals surface area (Å²) in [5.74, 6) is 1.03. The zero-order valence-electron chi connectivity index (χ0n) is 12.7. The van der Waals surface area contributed by atoms with Crippen molar-refractivity contribution in [1.82, 2.24) is 19.8 Å². The van der Waals surface area contributed by atoms with E-state index < -0.39 is 5.60 Å². The van der Waals surface area contributed by atoms with E-state index in [0.29, 0.717) is 19.1 Å².